The quantitative estimate of drug-likeness (QED) is 0.715. The minimum Gasteiger partial charge on any atom is -0.444 e. The van der Waals surface area contributed by atoms with Crippen molar-refractivity contribution in [2.75, 3.05) is 6.54 Å². The summed E-state index contributed by atoms with van der Waals surface area (Å²) in [6.45, 7) is 10.1. The second-order valence-electron chi connectivity index (χ2n) is 5.46. The average Bonchev–Trinajstić information content (AvgIpc) is 2.23. The van der Waals surface area contributed by atoms with Gasteiger partial charge in [0.2, 0.25) is 0 Å². The van der Waals surface area contributed by atoms with Crippen molar-refractivity contribution in [3.05, 3.63) is 0 Å². The van der Waals surface area contributed by atoms with E-state index in [-0.39, 0.29) is 12.1 Å². The SMILES string of the molecule is C#CC(CCC)NC(C)CNC(=O)OC(C)(C)C. The van der Waals surface area contributed by atoms with Crippen molar-refractivity contribution in [1.82, 2.24) is 10.6 Å². The first-order valence-corrected chi connectivity index (χ1v) is 6.47. The molecule has 0 radical (unpaired) electrons. The van der Waals surface area contributed by atoms with Crippen LogP contribution in [-0.4, -0.2) is 30.3 Å². The smallest absolute Gasteiger partial charge is 0.407 e. The van der Waals surface area contributed by atoms with E-state index in [1.165, 1.54) is 0 Å². The number of hydrogen-bond acceptors (Lipinski definition) is 3. The van der Waals surface area contributed by atoms with Crippen LogP contribution in [0.3, 0.4) is 0 Å². The number of carbonyl (C=O) groups is 1. The minimum absolute atomic E-state index is 0.0606. The maximum absolute atomic E-state index is 11.4. The van der Waals surface area contributed by atoms with Crippen LogP contribution in [0.15, 0.2) is 0 Å². The van der Waals surface area contributed by atoms with Gasteiger partial charge in [-0.3, -0.25) is 5.32 Å². The van der Waals surface area contributed by atoms with E-state index in [9.17, 15) is 4.79 Å². The third-order valence-corrected chi connectivity index (χ3v) is 2.22. The van der Waals surface area contributed by atoms with Crippen LogP contribution in [0.1, 0.15) is 47.5 Å². The summed E-state index contributed by atoms with van der Waals surface area (Å²) in [7, 11) is 0. The molecule has 0 rings (SSSR count). The summed E-state index contributed by atoms with van der Waals surface area (Å²) in [5.41, 5.74) is -0.468. The zero-order chi connectivity index (χ0) is 14.2. The van der Waals surface area contributed by atoms with E-state index in [4.69, 9.17) is 11.2 Å². The van der Waals surface area contributed by atoms with Crippen molar-refractivity contribution >= 4 is 6.09 Å². The number of amides is 1. The largest absolute Gasteiger partial charge is 0.444 e. The van der Waals surface area contributed by atoms with E-state index < -0.39 is 11.7 Å². The number of rotatable bonds is 6. The first-order valence-electron chi connectivity index (χ1n) is 6.47. The van der Waals surface area contributed by atoms with Crippen molar-refractivity contribution in [3.8, 4) is 12.3 Å². The first-order chi connectivity index (χ1) is 8.28. The molecule has 4 nitrogen and oxygen atoms in total. The Hall–Kier alpha value is -1.21. The van der Waals surface area contributed by atoms with E-state index >= 15 is 0 Å². The standard InChI is InChI=1S/C14H26N2O2/c1-7-9-12(8-2)16-11(3)10-15-13(17)18-14(4,5)6/h2,11-12,16H,7,9-10H2,1,3-6H3,(H,15,17). The lowest BCUT2D eigenvalue weighted by atomic mass is 10.1. The highest BCUT2D eigenvalue weighted by Crippen LogP contribution is 2.06. The lowest BCUT2D eigenvalue weighted by molar-refractivity contribution is 0.0523. The molecule has 0 fully saturated rings. The molecular formula is C14H26N2O2. The number of nitrogens with one attached hydrogen (secondary N) is 2. The molecule has 2 atom stereocenters. The summed E-state index contributed by atoms with van der Waals surface area (Å²) in [5, 5.41) is 6.00. The van der Waals surface area contributed by atoms with Crippen LogP contribution in [0.25, 0.3) is 0 Å². The Bertz CT molecular complexity index is 289. The number of alkyl carbamates (subject to hydrolysis) is 1. The fourth-order valence-corrected chi connectivity index (χ4v) is 1.46. The Labute approximate surface area is 111 Å². The fraction of sp³-hybridized carbons (Fsp3) is 0.786. The van der Waals surface area contributed by atoms with Gasteiger partial charge in [-0.1, -0.05) is 19.3 Å². The van der Waals surface area contributed by atoms with Gasteiger partial charge in [0.1, 0.15) is 5.60 Å². The molecule has 0 bridgehead atoms. The Balaban J connectivity index is 3.93. The molecule has 0 aliphatic heterocycles. The van der Waals surface area contributed by atoms with Gasteiger partial charge >= 0.3 is 6.09 Å². The van der Waals surface area contributed by atoms with E-state index in [0.717, 1.165) is 12.8 Å². The van der Waals surface area contributed by atoms with Crippen LogP contribution < -0.4 is 10.6 Å². The monoisotopic (exact) mass is 254 g/mol. The molecule has 0 aromatic heterocycles. The summed E-state index contributed by atoms with van der Waals surface area (Å²) >= 11 is 0. The predicted octanol–water partition coefficient (Wildman–Crippen LogP) is 2.29. The normalized spacial score (nSPS) is 14.4. The van der Waals surface area contributed by atoms with Crippen molar-refractivity contribution in [2.24, 2.45) is 0 Å². The van der Waals surface area contributed by atoms with Gasteiger partial charge in [-0.25, -0.2) is 4.79 Å². The van der Waals surface area contributed by atoms with Gasteiger partial charge in [0, 0.05) is 12.6 Å². The molecule has 0 aromatic rings. The van der Waals surface area contributed by atoms with Crippen LogP contribution in [0.5, 0.6) is 0 Å². The van der Waals surface area contributed by atoms with E-state index in [1.54, 1.807) is 0 Å². The second-order valence-corrected chi connectivity index (χ2v) is 5.46. The predicted molar refractivity (Wildman–Crippen MR) is 74.4 cm³/mol. The van der Waals surface area contributed by atoms with Crippen LogP contribution in [0.2, 0.25) is 0 Å². The number of carbonyl (C=O) groups excluding carboxylic acids is 1. The van der Waals surface area contributed by atoms with Gasteiger partial charge in [-0.2, -0.15) is 0 Å². The lowest BCUT2D eigenvalue weighted by Gasteiger charge is -2.22. The highest BCUT2D eigenvalue weighted by Gasteiger charge is 2.16. The van der Waals surface area contributed by atoms with Gasteiger partial charge in [-0.05, 0) is 34.1 Å². The molecule has 2 unspecified atom stereocenters. The van der Waals surface area contributed by atoms with Crippen molar-refractivity contribution < 1.29 is 9.53 Å². The van der Waals surface area contributed by atoms with Crippen molar-refractivity contribution in [1.29, 1.82) is 0 Å². The van der Waals surface area contributed by atoms with Crippen molar-refractivity contribution in [2.45, 2.75) is 65.1 Å². The lowest BCUT2D eigenvalue weighted by Crippen LogP contribution is -2.44. The maximum Gasteiger partial charge on any atom is 0.407 e. The van der Waals surface area contributed by atoms with Crippen LogP contribution in [0.4, 0.5) is 4.79 Å². The summed E-state index contributed by atoms with van der Waals surface area (Å²) in [6.07, 6.45) is 7.00. The summed E-state index contributed by atoms with van der Waals surface area (Å²) in [6, 6.07) is 0.176. The molecule has 1 amide bonds. The summed E-state index contributed by atoms with van der Waals surface area (Å²) in [4.78, 5) is 11.4. The van der Waals surface area contributed by atoms with E-state index in [1.807, 2.05) is 27.7 Å². The molecule has 0 aliphatic rings. The molecule has 0 saturated carbocycles. The molecule has 0 aliphatic carbocycles. The number of ether oxygens (including phenoxy) is 1. The number of hydrogen-bond donors (Lipinski definition) is 2. The molecule has 0 saturated heterocycles. The molecule has 0 heterocycles. The minimum atomic E-state index is -0.468. The van der Waals surface area contributed by atoms with Gasteiger partial charge < -0.3 is 10.1 Å². The van der Waals surface area contributed by atoms with Crippen LogP contribution >= 0.6 is 0 Å². The fourth-order valence-electron chi connectivity index (χ4n) is 1.46. The topological polar surface area (TPSA) is 50.4 Å². The Kier molecular flexibility index (Phi) is 7.45. The molecule has 18 heavy (non-hydrogen) atoms. The van der Waals surface area contributed by atoms with Crippen molar-refractivity contribution in [3.63, 3.8) is 0 Å². The molecule has 104 valence electrons. The molecular weight excluding hydrogens is 228 g/mol. The third kappa shape index (κ3) is 8.89. The zero-order valence-electron chi connectivity index (χ0n) is 12.2. The zero-order valence-corrected chi connectivity index (χ0v) is 12.2. The van der Waals surface area contributed by atoms with Gasteiger partial charge in [0.25, 0.3) is 0 Å². The Morgan fingerprint density at radius 1 is 1.44 bits per heavy atom. The Morgan fingerprint density at radius 2 is 2.06 bits per heavy atom. The first kappa shape index (κ1) is 16.8. The van der Waals surface area contributed by atoms with Crippen LogP contribution in [-0.2, 0) is 4.74 Å². The van der Waals surface area contributed by atoms with Crippen LogP contribution in [0, 0.1) is 12.3 Å². The summed E-state index contributed by atoms with van der Waals surface area (Å²) < 4.78 is 5.15. The molecule has 2 N–H and O–H groups in total. The van der Waals surface area contributed by atoms with E-state index in [2.05, 4.69) is 23.5 Å². The van der Waals surface area contributed by atoms with Gasteiger partial charge in [0.05, 0.1) is 6.04 Å². The summed E-state index contributed by atoms with van der Waals surface area (Å²) in [5.74, 6) is 2.70. The molecule has 0 aromatic carbocycles. The molecule has 0 spiro atoms. The average molecular weight is 254 g/mol. The Morgan fingerprint density at radius 3 is 2.50 bits per heavy atom. The third-order valence-electron chi connectivity index (χ3n) is 2.22. The highest BCUT2D eigenvalue weighted by molar-refractivity contribution is 5.67. The van der Waals surface area contributed by atoms with Gasteiger partial charge in [0.15, 0.2) is 0 Å². The second kappa shape index (κ2) is 7.99. The maximum atomic E-state index is 11.4. The highest BCUT2D eigenvalue weighted by atomic mass is 16.6. The van der Waals surface area contributed by atoms with Gasteiger partial charge in [-0.15, -0.1) is 6.42 Å². The molecule has 4 heteroatoms. The number of terminal acetylenes is 1. The van der Waals surface area contributed by atoms with E-state index in [0.29, 0.717) is 6.54 Å².